The summed E-state index contributed by atoms with van der Waals surface area (Å²) in [6.07, 6.45) is 4.14. The van der Waals surface area contributed by atoms with Crippen LogP contribution in [0.3, 0.4) is 0 Å². The molecule has 0 saturated heterocycles. The van der Waals surface area contributed by atoms with Gasteiger partial charge in [0.25, 0.3) is 5.56 Å². The summed E-state index contributed by atoms with van der Waals surface area (Å²) in [5.41, 5.74) is 1.75. The number of rotatable bonds is 2. The van der Waals surface area contributed by atoms with E-state index < -0.39 is 11.7 Å². The fourth-order valence-corrected chi connectivity index (χ4v) is 1.99. The van der Waals surface area contributed by atoms with Crippen molar-refractivity contribution in [2.24, 2.45) is 0 Å². The molecule has 1 amide bonds. The number of hydrogen-bond acceptors (Lipinski definition) is 4. The molecule has 2 aromatic rings. The largest absolute Gasteiger partial charge is 0.444 e. The molecule has 22 heavy (non-hydrogen) atoms. The van der Waals surface area contributed by atoms with E-state index in [1.807, 2.05) is 0 Å². The first-order chi connectivity index (χ1) is 10.3. The summed E-state index contributed by atoms with van der Waals surface area (Å²) in [5.74, 6) is 0. The molecule has 0 fully saturated rings. The number of aromatic nitrogens is 2. The minimum absolute atomic E-state index is 0.169. The number of carbonyl (C=O) groups excluding carboxylic acids is 1. The maximum Gasteiger partial charge on any atom is 0.412 e. The highest BCUT2D eigenvalue weighted by Crippen LogP contribution is 2.28. The molecule has 0 bridgehead atoms. The van der Waals surface area contributed by atoms with Gasteiger partial charge in [0.2, 0.25) is 0 Å². The van der Waals surface area contributed by atoms with Crippen LogP contribution in [0.5, 0.6) is 0 Å². The molecule has 6 nitrogen and oxygen atoms in total. The molecule has 2 heterocycles. The normalized spacial score (nSPS) is 11.1. The Labute approximate surface area is 128 Å². The first-order valence-electron chi connectivity index (χ1n) is 6.90. The smallest absolute Gasteiger partial charge is 0.412 e. The van der Waals surface area contributed by atoms with Crippen LogP contribution in [0, 0.1) is 6.92 Å². The number of nitrogens with one attached hydrogen (secondary N) is 2. The summed E-state index contributed by atoms with van der Waals surface area (Å²) in [7, 11) is 0. The molecule has 116 valence electrons. The summed E-state index contributed by atoms with van der Waals surface area (Å²) >= 11 is 0. The molecule has 0 atom stereocenters. The van der Waals surface area contributed by atoms with Crippen LogP contribution in [0.1, 0.15) is 26.3 Å². The zero-order valence-electron chi connectivity index (χ0n) is 13.1. The highest BCUT2D eigenvalue weighted by atomic mass is 16.6. The van der Waals surface area contributed by atoms with Gasteiger partial charge < -0.3 is 9.72 Å². The van der Waals surface area contributed by atoms with Crippen molar-refractivity contribution in [2.45, 2.75) is 33.3 Å². The van der Waals surface area contributed by atoms with Crippen LogP contribution in [0.15, 0.2) is 35.5 Å². The molecule has 0 aliphatic heterocycles. The molecule has 0 radical (unpaired) electrons. The summed E-state index contributed by atoms with van der Waals surface area (Å²) in [4.78, 5) is 30.3. The van der Waals surface area contributed by atoms with E-state index >= 15 is 0 Å². The van der Waals surface area contributed by atoms with Gasteiger partial charge in [0.15, 0.2) is 0 Å². The van der Waals surface area contributed by atoms with Gasteiger partial charge in [0.05, 0.1) is 11.9 Å². The highest BCUT2D eigenvalue weighted by molar-refractivity contribution is 5.91. The topological polar surface area (TPSA) is 84.1 Å². The van der Waals surface area contributed by atoms with Crippen LogP contribution in [0.4, 0.5) is 10.5 Å². The molecule has 0 aliphatic rings. The standard InChI is InChI=1S/C16H19N3O3/c1-10-11(6-8-18-14(10)20)12-5-7-17-9-13(12)19-15(21)22-16(2,3)4/h5-9H,1-4H3,(H,18,20)(H,19,21). The number of hydrogen-bond donors (Lipinski definition) is 2. The molecule has 0 aliphatic carbocycles. The summed E-state index contributed by atoms with van der Waals surface area (Å²) in [6.45, 7) is 7.10. The number of aromatic amines is 1. The Bertz CT molecular complexity index is 745. The molecule has 0 aromatic carbocycles. The summed E-state index contributed by atoms with van der Waals surface area (Å²) in [5, 5.41) is 2.68. The zero-order valence-corrected chi connectivity index (χ0v) is 13.1. The quantitative estimate of drug-likeness (QED) is 0.892. The van der Waals surface area contributed by atoms with E-state index in [4.69, 9.17) is 4.74 Å². The number of pyridine rings is 2. The third-order valence-corrected chi connectivity index (χ3v) is 2.96. The van der Waals surface area contributed by atoms with Crippen LogP contribution in [0.25, 0.3) is 11.1 Å². The van der Waals surface area contributed by atoms with Gasteiger partial charge in [-0.1, -0.05) is 0 Å². The number of carbonyl (C=O) groups is 1. The van der Waals surface area contributed by atoms with Gasteiger partial charge in [-0.05, 0) is 45.4 Å². The van der Waals surface area contributed by atoms with Crippen molar-refractivity contribution in [3.8, 4) is 11.1 Å². The van der Waals surface area contributed by atoms with Crippen molar-refractivity contribution < 1.29 is 9.53 Å². The van der Waals surface area contributed by atoms with Gasteiger partial charge in [0.1, 0.15) is 5.60 Å². The zero-order chi connectivity index (χ0) is 16.3. The molecule has 2 N–H and O–H groups in total. The third kappa shape index (κ3) is 3.72. The number of nitrogens with zero attached hydrogens (tertiary/aromatic N) is 1. The SMILES string of the molecule is Cc1c(-c2ccncc2NC(=O)OC(C)(C)C)cc[nH]c1=O. The second-order valence-electron chi connectivity index (χ2n) is 5.89. The number of anilines is 1. The third-order valence-electron chi connectivity index (χ3n) is 2.96. The molecule has 0 saturated carbocycles. The molecule has 0 unspecified atom stereocenters. The molecular weight excluding hydrogens is 282 g/mol. The van der Waals surface area contributed by atoms with Gasteiger partial charge in [-0.3, -0.25) is 15.1 Å². The Morgan fingerprint density at radius 2 is 2.00 bits per heavy atom. The Balaban J connectivity index is 2.37. The van der Waals surface area contributed by atoms with Gasteiger partial charge in [-0.25, -0.2) is 4.79 Å². The van der Waals surface area contributed by atoms with Crippen LogP contribution in [0.2, 0.25) is 0 Å². The fraction of sp³-hybridized carbons (Fsp3) is 0.312. The van der Waals surface area contributed by atoms with Crippen LogP contribution < -0.4 is 10.9 Å². The van der Waals surface area contributed by atoms with Gasteiger partial charge in [0, 0.05) is 23.5 Å². The maximum atomic E-state index is 11.9. The van der Waals surface area contributed by atoms with E-state index in [9.17, 15) is 9.59 Å². The minimum Gasteiger partial charge on any atom is -0.444 e. The lowest BCUT2D eigenvalue weighted by Gasteiger charge is -2.20. The average molecular weight is 301 g/mol. The predicted octanol–water partition coefficient (Wildman–Crippen LogP) is 3.09. The van der Waals surface area contributed by atoms with E-state index in [0.29, 0.717) is 16.8 Å². The Morgan fingerprint density at radius 1 is 1.27 bits per heavy atom. The molecule has 6 heteroatoms. The van der Waals surface area contributed by atoms with Gasteiger partial charge >= 0.3 is 6.09 Å². The number of ether oxygens (including phenoxy) is 1. The monoisotopic (exact) mass is 301 g/mol. The van der Waals surface area contributed by atoms with E-state index in [1.54, 1.807) is 52.2 Å². The van der Waals surface area contributed by atoms with Gasteiger partial charge in [-0.15, -0.1) is 0 Å². The lowest BCUT2D eigenvalue weighted by atomic mass is 10.0. The lowest BCUT2D eigenvalue weighted by Crippen LogP contribution is -2.27. The summed E-state index contributed by atoms with van der Waals surface area (Å²) in [6, 6.07) is 3.53. The van der Waals surface area contributed by atoms with Crippen molar-refractivity contribution >= 4 is 11.8 Å². The predicted molar refractivity (Wildman–Crippen MR) is 84.9 cm³/mol. The molecule has 0 spiro atoms. The summed E-state index contributed by atoms with van der Waals surface area (Å²) < 4.78 is 5.24. The van der Waals surface area contributed by atoms with Crippen molar-refractivity contribution in [1.29, 1.82) is 0 Å². The Morgan fingerprint density at radius 3 is 2.68 bits per heavy atom. The second-order valence-corrected chi connectivity index (χ2v) is 5.89. The molecule has 2 rings (SSSR count). The van der Waals surface area contributed by atoms with E-state index in [2.05, 4.69) is 15.3 Å². The van der Waals surface area contributed by atoms with E-state index in [0.717, 1.165) is 5.56 Å². The first-order valence-corrected chi connectivity index (χ1v) is 6.90. The van der Waals surface area contributed by atoms with E-state index in [-0.39, 0.29) is 5.56 Å². The van der Waals surface area contributed by atoms with E-state index in [1.165, 1.54) is 6.20 Å². The number of amides is 1. The maximum absolute atomic E-state index is 11.9. The number of H-pyrrole nitrogens is 1. The van der Waals surface area contributed by atoms with Crippen molar-refractivity contribution in [1.82, 2.24) is 9.97 Å². The average Bonchev–Trinajstić information content (AvgIpc) is 2.41. The van der Waals surface area contributed by atoms with Crippen molar-refractivity contribution in [3.05, 3.63) is 46.6 Å². The Hall–Kier alpha value is -2.63. The van der Waals surface area contributed by atoms with Crippen LogP contribution in [-0.4, -0.2) is 21.7 Å². The molecule has 2 aromatic heterocycles. The van der Waals surface area contributed by atoms with Crippen molar-refractivity contribution in [2.75, 3.05) is 5.32 Å². The van der Waals surface area contributed by atoms with Gasteiger partial charge in [-0.2, -0.15) is 0 Å². The Kier molecular flexibility index (Phi) is 4.30. The second kappa shape index (κ2) is 6.01. The first kappa shape index (κ1) is 15.8. The lowest BCUT2D eigenvalue weighted by molar-refractivity contribution is 0.0636. The fourth-order valence-electron chi connectivity index (χ4n) is 1.99. The minimum atomic E-state index is -0.591. The highest BCUT2D eigenvalue weighted by Gasteiger charge is 2.18. The van der Waals surface area contributed by atoms with Crippen molar-refractivity contribution in [3.63, 3.8) is 0 Å². The van der Waals surface area contributed by atoms with Crippen LogP contribution in [-0.2, 0) is 4.74 Å². The van der Waals surface area contributed by atoms with Crippen LogP contribution >= 0.6 is 0 Å². The molecular formula is C16H19N3O3.